The van der Waals surface area contributed by atoms with E-state index >= 15 is 0 Å². The Hall–Kier alpha value is -2.34. The van der Waals surface area contributed by atoms with Gasteiger partial charge in [-0.2, -0.15) is 0 Å². The maximum absolute atomic E-state index is 12.2. The van der Waals surface area contributed by atoms with Crippen molar-refractivity contribution in [2.24, 2.45) is 5.92 Å². The molecule has 0 radical (unpaired) electrons. The van der Waals surface area contributed by atoms with Crippen LogP contribution >= 0.6 is 0 Å². The molecule has 0 bridgehead atoms. The van der Waals surface area contributed by atoms with Gasteiger partial charge in [0.15, 0.2) is 0 Å². The molecule has 134 valence electrons. The molecule has 1 saturated heterocycles. The Kier molecular flexibility index (Phi) is 5.38. The lowest BCUT2D eigenvalue weighted by Gasteiger charge is -2.22. The van der Waals surface area contributed by atoms with Gasteiger partial charge in [-0.1, -0.05) is 0 Å². The number of fused-ring (bicyclic) bond motifs is 1. The Balaban J connectivity index is 1.81. The molecule has 0 spiro atoms. The molecule has 6 nitrogen and oxygen atoms in total. The van der Waals surface area contributed by atoms with E-state index in [1.165, 1.54) is 7.11 Å². The van der Waals surface area contributed by atoms with Crippen LogP contribution in [0.3, 0.4) is 0 Å². The van der Waals surface area contributed by atoms with Crippen LogP contribution < -0.4 is 10.4 Å². The van der Waals surface area contributed by atoms with Gasteiger partial charge in [0.05, 0.1) is 25.7 Å². The van der Waals surface area contributed by atoms with Crippen LogP contribution in [-0.4, -0.2) is 32.9 Å². The molecule has 1 aliphatic heterocycles. The molecule has 0 N–H and O–H groups in total. The van der Waals surface area contributed by atoms with E-state index in [1.807, 2.05) is 12.1 Å². The monoisotopic (exact) mass is 346 g/mol. The zero-order chi connectivity index (χ0) is 17.8. The molecule has 0 unspecified atom stereocenters. The number of benzene rings is 1. The lowest BCUT2D eigenvalue weighted by molar-refractivity contribution is -0.139. The number of carbonyl (C=O) groups excluding carboxylic acids is 1. The summed E-state index contributed by atoms with van der Waals surface area (Å²) in [6.07, 6.45) is 1.90. The van der Waals surface area contributed by atoms with Crippen molar-refractivity contribution >= 4 is 16.9 Å². The van der Waals surface area contributed by atoms with E-state index in [4.69, 9.17) is 13.9 Å². The van der Waals surface area contributed by atoms with E-state index in [0.29, 0.717) is 29.4 Å². The molecular weight excluding hydrogens is 324 g/mol. The average molecular weight is 346 g/mol. The number of ether oxygens (including phenoxy) is 3. The maximum atomic E-state index is 12.2. The minimum absolute atomic E-state index is 0.0946. The van der Waals surface area contributed by atoms with Gasteiger partial charge in [0.25, 0.3) is 0 Å². The Morgan fingerprint density at radius 3 is 2.76 bits per heavy atom. The number of hydrogen-bond donors (Lipinski definition) is 0. The SMILES string of the molecule is COC(=O)Cc1c(C)c2ccc(OCC3CCOCC3)cc2oc1=O. The van der Waals surface area contributed by atoms with Gasteiger partial charge in [-0.25, -0.2) is 4.79 Å². The van der Waals surface area contributed by atoms with Crippen molar-refractivity contribution in [1.29, 1.82) is 0 Å². The summed E-state index contributed by atoms with van der Waals surface area (Å²) >= 11 is 0. The third-order valence-electron chi connectivity index (χ3n) is 4.63. The molecule has 1 aromatic heterocycles. The molecule has 1 aliphatic rings. The van der Waals surface area contributed by atoms with Gasteiger partial charge in [-0.15, -0.1) is 0 Å². The number of carbonyl (C=O) groups is 1. The first kappa shape index (κ1) is 17.5. The molecule has 25 heavy (non-hydrogen) atoms. The van der Waals surface area contributed by atoms with E-state index in [9.17, 15) is 9.59 Å². The second kappa shape index (κ2) is 7.70. The quantitative estimate of drug-likeness (QED) is 0.612. The van der Waals surface area contributed by atoms with Crippen LogP contribution in [0.5, 0.6) is 5.75 Å². The van der Waals surface area contributed by atoms with Crippen molar-refractivity contribution in [2.75, 3.05) is 26.9 Å². The van der Waals surface area contributed by atoms with Crippen LogP contribution in [0, 0.1) is 12.8 Å². The summed E-state index contributed by atoms with van der Waals surface area (Å²) in [6.45, 7) is 3.99. The molecule has 0 saturated carbocycles. The Morgan fingerprint density at radius 2 is 2.04 bits per heavy atom. The van der Waals surface area contributed by atoms with Crippen molar-refractivity contribution in [2.45, 2.75) is 26.2 Å². The van der Waals surface area contributed by atoms with Crippen LogP contribution in [0.4, 0.5) is 0 Å². The summed E-state index contributed by atoms with van der Waals surface area (Å²) in [5.41, 5.74) is 1.00. The number of esters is 1. The average Bonchev–Trinajstić information content (AvgIpc) is 2.63. The van der Waals surface area contributed by atoms with E-state index in [0.717, 1.165) is 37.0 Å². The molecule has 1 fully saturated rings. The standard InChI is InChI=1S/C19H22O6/c1-12-15-4-3-14(24-11-13-5-7-23-8-6-13)9-17(15)25-19(21)16(12)10-18(20)22-2/h3-4,9,13H,5-8,10-11H2,1-2H3. The zero-order valence-corrected chi connectivity index (χ0v) is 14.5. The van der Waals surface area contributed by atoms with Crippen LogP contribution in [0.15, 0.2) is 27.4 Å². The molecule has 6 heteroatoms. The number of methoxy groups -OCH3 is 1. The van der Waals surface area contributed by atoms with E-state index in [-0.39, 0.29) is 6.42 Å². The first-order valence-electron chi connectivity index (χ1n) is 8.42. The first-order valence-corrected chi connectivity index (χ1v) is 8.42. The van der Waals surface area contributed by atoms with Crippen LogP contribution in [0.25, 0.3) is 11.0 Å². The summed E-state index contributed by atoms with van der Waals surface area (Å²) < 4.78 is 21.2. The van der Waals surface area contributed by atoms with Gasteiger partial charge in [0.2, 0.25) is 0 Å². The Bertz CT molecular complexity index is 817. The fourth-order valence-electron chi connectivity index (χ4n) is 3.01. The normalized spacial score (nSPS) is 15.3. The Morgan fingerprint density at radius 1 is 1.28 bits per heavy atom. The predicted molar refractivity (Wildman–Crippen MR) is 92.0 cm³/mol. The van der Waals surface area contributed by atoms with Gasteiger partial charge in [-0.3, -0.25) is 4.79 Å². The highest BCUT2D eigenvalue weighted by molar-refractivity contribution is 5.84. The van der Waals surface area contributed by atoms with Crippen LogP contribution in [-0.2, 0) is 20.7 Å². The fraction of sp³-hybridized carbons (Fsp3) is 0.474. The smallest absolute Gasteiger partial charge is 0.340 e. The van der Waals surface area contributed by atoms with Crippen LogP contribution in [0.1, 0.15) is 24.0 Å². The number of aryl methyl sites for hydroxylation is 1. The molecule has 2 heterocycles. The number of rotatable bonds is 5. The third-order valence-corrected chi connectivity index (χ3v) is 4.63. The van der Waals surface area contributed by atoms with Crippen molar-refractivity contribution in [3.05, 3.63) is 39.7 Å². The Labute approximate surface area is 145 Å². The zero-order valence-electron chi connectivity index (χ0n) is 14.5. The fourth-order valence-corrected chi connectivity index (χ4v) is 3.01. The summed E-state index contributed by atoms with van der Waals surface area (Å²) in [5.74, 6) is 0.689. The molecule has 0 atom stereocenters. The summed E-state index contributed by atoms with van der Waals surface area (Å²) in [5, 5.41) is 0.789. The molecule has 3 rings (SSSR count). The van der Waals surface area contributed by atoms with E-state index in [2.05, 4.69) is 4.74 Å². The van der Waals surface area contributed by atoms with E-state index in [1.54, 1.807) is 13.0 Å². The van der Waals surface area contributed by atoms with Crippen LogP contribution in [0.2, 0.25) is 0 Å². The van der Waals surface area contributed by atoms with Crippen molar-refractivity contribution in [1.82, 2.24) is 0 Å². The molecule has 1 aromatic carbocycles. The summed E-state index contributed by atoms with van der Waals surface area (Å²) in [6, 6.07) is 5.44. The second-order valence-electron chi connectivity index (χ2n) is 6.27. The highest BCUT2D eigenvalue weighted by atomic mass is 16.5. The highest BCUT2D eigenvalue weighted by Crippen LogP contribution is 2.25. The predicted octanol–water partition coefficient (Wildman–Crippen LogP) is 2.62. The third kappa shape index (κ3) is 4.02. The topological polar surface area (TPSA) is 75.0 Å². The van der Waals surface area contributed by atoms with Gasteiger partial charge in [-0.05, 0) is 43.4 Å². The van der Waals surface area contributed by atoms with Crippen molar-refractivity contribution < 1.29 is 23.4 Å². The van der Waals surface area contributed by atoms with Gasteiger partial charge >= 0.3 is 11.6 Å². The first-order chi connectivity index (χ1) is 12.1. The lowest BCUT2D eigenvalue weighted by Crippen LogP contribution is -2.21. The second-order valence-corrected chi connectivity index (χ2v) is 6.27. The highest BCUT2D eigenvalue weighted by Gasteiger charge is 2.17. The number of hydrogen-bond acceptors (Lipinski definition) is 6. The van der Waals surface area contributed by atoms with Gasteiger partial charge in [0, 0.05) is 24.7 Å². The summed E-state index contributed by atoms with van der Waals surface area (Å²) in [7, 11) is 1.29. The molecular formula is C19H22O6. The lowest BCUT2D eigenvalue weighted by atomic mass is 10.0. The summed E-state index contributed by atoms with van der Waals surface area (Å²) in [4.78, 5) is 23.7. The minimum atomic E-state index is -0.517. The van der Waals surface area contributed by atoms with Crippen molar-refractivity contribution in [3.8, 4) is 5.75 Å². The van der Waals surface area contributed by atoms with Crippen molar-refractivity contribution in [3.63, 3.8) is 0 Å². The van der Waals surface area contributed by atoms with E-state index < -0.39 is 11.6 Å². The largest absolute Gasteiger partial charge is 0.493 e. The maximum Gasteiger partial charge on any atom is 0.340 e. The van der Waals surface area contributed by atoms with Gasteiger partial charge < -0.3 is 18.6 Å². The minimum Gasteiger partial charge on any atom is -0.493 e. The molecule has 2 aromatic rings. The van der Waals surface area contributed by atoms with Gasteiger partial charge in [0.1, 0.15) is 11.3 Å². The molecule has 0 amide bonds. The molecule has 0 aliphatic carbocycles.